The summed E-state index contributed by atoms with van der Waals surface area (Å²) in [6, 6.07) is 11.9. The summed E-state index contributed by atoms with van der Waals surface area (Å²) in [7, 11) is 0.136. The summed E-state index contributed by atoms with van der Waals surface area (Å²) in [5.74, 6) is -1.99. The van der Waals surface area contributed by atoms with Crippen LogP contribution in [0.4, 0.5) is 13.2 Å². The molecule has 1 aromatic heterocycles. The summed E-state index contributed by atoms with van der Waals surface area (Å²) in [4.78, 5) is 11.0. The first kappa shape index (κ1) is 26.5. The number of hydrogen-bond acceptors (Lipinski definition) is 5. The Labute approximate surface area is 194 Å². The number of carbonyl (C=O) groups is 1. The Balaban J connectivity index is 0.000000479. The van der Waals surface area contributed by atoms with Gasteiger partial charge in [0.15, 0.2) is 0 Å². The van der Waals surface area contributed by atoms with Crippen molar-refractivity contribution in [2.24, 2.45) is 0 Å². The molecule has 0 aliphatic heterocycles. The molecule has 180 valence electrons. The number of aromatic nitrogens is 1. The van der Waals surface area contributed by atoms with E-state index in [-0.39, 0.29) is 9.92 Å². The van der Waals surface area contributed by atoms with Gasteiger partial charge in [0.2, 0.25) is 0 Å². The maximum absolute atomic E-state index is 13.1. The van der Waals surface area contributed by atoms with E-state index in [2.05, 4.69) is 0 Å². The Morgan fingerprint density at radius 2 is 1.76 bits per heavy atom. The minimum atomic E-state index is -5.08. The summed E-state index contributed by atoms with van der Waals surface area (Å²) < 4.78 is 65.0. The molecule has 0 radical (unpaired) electrons. The van der Waals surface area contributed by atoms with Gasteiger partial charge in [-0.1, -0.05) is 23.7 Å². The van der Waals surface area contributed by atoms with Crippen molar-refractivity contribution in [3.63, 3.8) is 0 Å². The van der Waals surface area contributed by atoms with Crippen molar-refractivity contribution >= 4 is 38.5 Å². The summed E-state index contributed by atoms with van der Waals surface area (Å²) in [6.07, 6.45) is -3.52. The van der Waals surface area contributed by atoms with E-state index < -0.39 is 22.2 Å². The average Bonchev–Trinajstić information content (AvgIpc) is 3.15. The van der Waals surface area contributed by atoms with Crippen LogP contribution in [0.3, 0.4) is 0 Å². The van der Waals surface area contributed by atoms with Crippen LogP contribution in [-0.4, -0.2) is 55.2 Å². The number of alkyl halides is 3. The fourth-order valence-corrected chi connectivity index (χ4v) is 4.82. The van der Waals surface area contributed by atoms with Crippen LogP contribution in [0.2, 0.25) is 5.02 Å². The summed E-state index contributed by atoms with van der Waals surface area (Å²) >= 11 is 6.12. The van der Waals surface area contributed by atoms with Gasteiger partial charge in [0.05, 0.1) is 17.1 Å². The third-order valence-electron chi connectivity index (χ3n) is 4.30. The predicted molar refractivity (Wildman–Crippen MR) is 118 cm³/mol. The third-order valence-corrected chi connectivity index (χ3v) is 6.49. The molecule has 0 saturated carbocycles. The van der Waals surface area contributed by atoms with E-state index in [0.29, 0.717) is 18.7 Å². The minimum absolute atomic E-state index is 0.0854. The molecule has 0 aliphatic carbocycles. The van der Waals surface area contributed by atoms with Crippen molar-refractivity contribution in [3.8, 4) is 5.75 Å². The topological polar surface area (TPSA) is 88.8 Å². The molecule has 3 aromatic rings. The molecule has 1 heterocycles. The normalized spacial score (nSPS) is 11.9. The van der Waals surface area contributed by atoms with Gasteiger partial charge in [-0.2, -0.15) is 13.2 Å². The highest BCUT2D eigenvalue weighted by Gasteiger charge is 2.38. The maximum atomic E-state index is 13.1. The van der Waals surface area contributed by atoms with E-state index in [4.69, 9.17) is 26.2 Å². The first-order valence-corrected chi connectivity index (χ1v) is 11.3. The SMILES string of the molecule is CCOc1ccc2c(ccn2S(=O)(=O)c2ccccc2Cl)c1CN(C)C.O=C(O)C(F)(F)F. The molecule has 33 heavy (non-hydrogen) atoms. The van der Waals surface area contributed by atoms with E-state index in [0.717, 1.165) is 16.7 Å². The molecular weight excluding hydrogens is 485 g/mol. The molecule has 1 N–H and O–H groups in total. The van der Waals surface area contributed by atoms with Gasteiger partial charge >= 0.3 is 12.1 Å². The molecule has 0 atom stereocenters. The van der Waals surface area contributed by atoms with Gasteiger partial charge in [0.1, 0.15) is 10.6 Å². The lowest BCUT2D eigenvalue weighted by atomic mass is 10.1. The standard InChI is InChI=1S/C19H21ClN2O3S.C2HF3O2/c1-4-25-18-10-9-17-14(15(18)13-21(2)3)11-12-22(17)26(23,24)19-8-6-5-7-16(19)20;3-2(4,5)1(6)7/h5-12H,4,13H2,1-3H3;(H,6,7). The second-order valence-electron chi connectivity index (χ2n) is 7.00. The van der Waals surface area contributed by atoms with Crippen LogP contribution in [0.5, 0.6) is 5.75 Å². The monoisotopic (exact) mass is 506 g/mol. The molecule has 0 amide bonds. The van der Waals surface area contributed by atoms with Crippen LogP contribution in [0, 0.1) is 0 Å². The quantitative estimate of drug-likeness (QED) is 0.524. The number of carboxylic acids is 1. The lowest BCUT2D eigenvalue weighted by molar-refractivity contribution is -0.192. The summed E-state index contributed by atoms with van der Waals surface area (Å²) in [5.41, 5.74) is 1.56. The predicted octanol–water partition coefficient (Wildman–Crippen LogP) is 4.63. The molecular formula is C21H22ClF3N2O5S. The minimum Gasteiger partial charge on any atom is -0.494 e. The molecule has 0 unspecified atom stereocenters. The van der Waals surface area contributed by atoms with Gasteiger partial charge in [0, 0.05) is 23.7 Å². The van der Waals surface area contributed by atoms with Crippen LogP contribution in [0.1, 0.15) is 12.5 Å². The Morgan fingerprint density at radius 3 is 2.27 bits per heavy atom. The van der Waals surface area contributed by atoms with Crippen molar-refractivity contribution in [3.05, 3.63) is 59.2 Å². The number of nitrogens with zero attached hydrogens (tertiary/aromatic N) is 2. The van der Waals surface area contributed by atoms with E-state index in [1.54, 1.807) is 30.5 Å². The van der Waals surface area contributed by atoms with Crippen LogP contribution in [0.25, 0.3) is 10.9 Å². The number of fused-ring (bicyclic) bond motifs is 1. The Morgan fingerprint density at radius 1 is 1.15 bits per heavy atom. The Kier molecular flexibility index (Phi) is 8.39. The number of ether oxygens (including phenoxy) is 1. The first-order valence-electron chi connectivity index (χ1n) is 9.51. The van der Waals surface area contributed by atoms with Gasteiger partial charge in [-0.05, 0) is 51.4 Å². The number of rotatable bonds is 6. The van der Waals surface area contributed by atoms with E-state index in [9.17, 15) is 21.6 Å². The zero-order valence-electron chi connectivity index (χ0n) is 17.9. The van der Waals surface area contributed by atoms with Crippen molar-refractivity contribution in [2.45, 2.75) is 24.5 Å². The largest absolute Gasteiger partial charge is 0.494 e. The van der Waals surface area contributed by atoms with Crippen molar-refractivity contribution < 1.29 is 36.2 Å². The van der Waals surface area contributed by atoms with E-state index in [1.165, 1.54) is 10.0 Å². The van der Waals surface area contributed by atoms with Crippen molar-refractivity contribution in [1.82, 2.24) is 8.87 Å². The number of aliphatic carboxylic acids is 1. The second-order valence-corrected chi connectivity index (χ2v) is 9.19. The highest BCUT2D eigenvalue weighted by atomic mass is 35.5. The third kappa shape index (κ3) is 6.18. The molecule has 3 rings (SSSR count). The molecule has 0 fully saturated rings. The summed E-state index contributed by atoms with van der Waals surface area (Å²) in [5, 5.41) is 8.18. The van der Waals surface area contributed by atoms with Crippen LogP contribution in [0.15, 0.2) is 53.6 Å². The number of benzene rings is 2. The van der Waals surface area contributed by atoms with Crippen LogP contribution < -0.4 is 4.74 Å². The van der Waals surface area contributed by atoms with Crippen LogP contribution >= 0.6 is 11.6 Å². The van der Waals surface area contributed by atoms with Crippen LogP contribution in [-0.2, 0) is 21.4 Å². The van der Waals surface area contributed by atoms with E-state index >= 15 is 0 Å². The first-order chi connectivity index (χ1) is 15.3. The second kappa shape index (κ2) is 10.4. The van der Waals surface area contributed by atoms with Gasteiger partial charge in [0.25, 0.3) is 10.0 Å². The summed E-state index contributed by atoms with van der Waals surface area (Å²) in [6.45, 7) is 3.12. The molecule has 7 nitrogen and oxygen atoms in total. The Hall–Kier alpha value is -2.76. The fourth-order valence-electron chi connectivity index (χ4n) is 2.97. The average molecular weight is 507 g/mol. The highest BCUT2D eigenvalue weighted by Crippen LogP contribution is 2.33. The lowest BCUT2D eigenvalue weighted by Crippen LogP contribution is -2.21. The molecule has 0 spiro atoms. The highest BCUT2D eigenvalue weighted by molar-refractivity contribution is 7.90. The zero-order chi connectivity index (χ0) is 25.0. The molecule has 0 bridgehead atoms. The van der Waals surface area contributed by atoms with Gasteiger partial charge < -0.3 is 14.7 Å². The fraction of sp³-hybridized carbons (Fsp3) is 0.286. The van der Waals surface area contributed by atoms with Gasteiger partial charge in [-0.15, -0.1) is 0 Å². The van der Waals surface area contributed by atoms with Gasteiger partial charge in [-0.25, -0.2) is 17.2 Å². The molecule has 0 aliphatic rings. The van der Waals surface area contributed by atoms with E-state index in [1.807, 2.05) is 38.1 Å². The Bertz CT molecular complexity index is 1240. The maximum Gasteiger partial charge on any atom is 0.490 e. The van der Waals surface area contributed by atoms with Crippen molar-refractivity contribution in [2.75, 3.05) is 20.7 Å². The van der Waals surface area contributed by atoms with Gasteiger partial charge in [-0.3, -0.25) is 0 Å². The van der Waals surface area contributed by atoms with Crippen molar-refractivity contribution in [1.29, 1.82) is 0 Å². The molecule has 2 aromatic carbocycles. The zero-order valence-corrected chi connectivity index (χ0v) is 19.5. The number of carboxylic acid groups (broad SMARTS) is 1. The smallest absolute Gasteiger partial charge is 0.490 e. The molecule has 12 heteroatoms. The number of hydrogen-bond donors (Lipinski definition) is 1. The lowest BCUT2D eigenvalue weighted by Gasteiger charge is -2.16. The number of halogens is 4. The molecule has 0 saturated heterocycles.